The smallest absolute Gasteiger partial charge is 0.373 e. The number of rotatable bonds is 14. The lowest BCUT2D eigenvalue weighted by Gasteiger charge is -2.34. The van der Waals surface area contributed by atoms with Crippen LogP contribution in [0.2, 0.25) is 6.55 Å². The van der Waals surface area contributed by atoms with Crippen LogP contribution in [0.4, 0.5) is 35.1 Å². The van der Waals surface area contributed by atoms with Gasteiger partial charge in [-0.05, 0) is 143 Å². The van der Waals surface area contributed by atoms with E-state index in [2.05, 4.69) is 51.3 Å². The first-order valence-corrected chi connectivity index (χ1v) is 30.4. The summed E-state index contributed by atoms with van der Waals surface area (Å²) < 4.78 is 133. The molecular weight excluding hydrogens is 1290 g/mol. The SMILES string of the molecule is C.C.CC1(C(=O)O)CN(C(C)(C)C)CC1c1ccc(F)cc1F.COC(=O)/C(=C/c1ccc(F)cc1F)OC.COC(=O)C(C)OC.COC(=O)C1(C)CN(C(C)(C)C)CC1c1ccc(F)cc1F.COCN(C[SiH2]C)C(C)(C)C.O=Cc1ccc(F)cc1F.[Br-]. The number of aliphatic carboxylic acids is 1. The van der Waals surface area contributed by atoms with Crippen molar-refractivity contribution in [3.63, 3.8) is 0 Å². The van der Waals surface area contributed by atoms with Gasteiger partial charge in [0.05, 0.1) is 51.6 Å². The normalized spacial score (nSPS) is 18.4. The molecule has 0 saturated carbocycles. The number of carbonyl (C=O) groups excluding carboxylic acids is 4. The van der Waals surface area contributed by atoms with Gasteiger partial charge in [0, 0.05) is 108 Å². The van der Waals surface area contributed by atoms with Crippen LogP contribution < -0.4 is 17.0 Å². The largest absolute Gasteiger partial charge is 1.00 e. The fourth-order valence-electron chi connectivity index (χ4n) is 9.06. The van der Waals surface area contributed by atoms with Crippen molar-refractivity contribution in [2.45, 2.75) is 139 Å². The summed E-state index contributed by atoms with van der Waals surface area (Å²) in [4.78, 5) is 62.1. The number of halogens is 9. The molecule has 5 atom stereocenters. The van der Waals surface area contributed by atoms with E-state index < -0.39 is 81.3 Å². The number of likely N-dealkylation sites (tertiary alicyclic amines) is 2. The molecule has 0 radical (unpaired) electrons. The van der Waals surface area contributed by atoms with Crippen molar-refractivity contribution in [3.8, 4) is 0 Å². The number of carboxylic acids is 1. The number of ether oxygens (including phenoxy) is 6. The second-order valence-corrected chi connectivity index (χ2v) is 25.5. The van der Waals surface area contributed by atoms with E-state index in [1.807, 2.05) is 46.4 Å². The predicted molar refractivity (Wildman–Crippen MR) is 337 cm³/mol. The van der Waals surface area contributed by atoms with Crippen LogP contribution in [0.15, 0.2) is 78.6 Å². The van der Waals surface area contributed by atoms with Gasteiger partial charge < -0.3 is 50.5 Å². The molecule has 0 aliphatic carbocycles. The van der Waals surface area contributed by atoms with Gasteiger partial charge in [-0.3, -0.25) is 29.1 Å². The molecule has 516 valence electrons. The molecule has 0 bridgehead atoms. The highest BCUT2D eigenvalue weighted by atomic mass is 79.9. The summed E-state index contributed by atoms with van der Waals surface area (Å²) in [5.41, 5.74) is -1.49. The fourth-order valence-corrected chi connectivity index (χ4v) is 10.4. The summed E-state index contributed by atoms with van der Waals surface area (Å²) in [6.45, 7) is 28.8. The zero-order chi connectivity index (χ0) is 67.9. The van der Waals surface area contributed by atoms with Crippen molar-refractivity contribution >= 4 is 45.8 Å². The van der Waals surface area contributed by atoms with Crippen LogP contribution in [0.1, 0.15) is 137 Å². The van der Waals surface area contributed by atoms with Gasteiger partial charge in [0.25, 0.3) is 0 Å². The zero-order valence-electron chi connectivity index (χ0n) is 54.4. The van der Waals surface area contributed by atoms with Gasteiger partial charge in [-0.1, -0.05) is 33.5 Å². The molecule has 1 N–H and O–H groups in total. The summed E-state index contributed by atoms with van der Waals surface area (Å²) >= 11 is 0. The molecule has 25 heteroatoms. The third kappa shape index (κ3) is 27.2. The van der Waals surface area contributed by atoms with Crippen molar-refractivity contribution in [2.24, 2.45) is 10.8 Å². The Labute approximate surface area is 546 Å². The molecule has 0 spiro atoms. The van der Waals surface area contributed by atoms with Crippen LogP contribution in [-0.2, 0) is 47.6 Å². The Hall–Kier alpha value is -6.09. The van der Waals surface area contributed by atoms with E-state index in [-0.39, 0.29) is 98.3 Å². The lowest BCUT2D eigenvalue weighted by molar-refractivity contribution is -0.152. The number of nitrogens with zero attached hydrogens (tertiary/aromatic N) is 3. The van der Waals surface area contributed by atoms with E-state index in [1.165, 1.54) is 72.0 Å². The van der Waals surface area contributed by atoms with Crippen LogP contribution in [0.3, 0.4) is 0 Å². The highest BCUT2D eigenvalue weighted by Gasteiger charge is 2.54. The quantitative estimate of drug-likeness (QED) is 0.0185. The number of esters is 3. The monoisotopic (exact) mass is 1380 g/mol. The van der Waals surface area contributed by atoms with E-state index in [0.29, 0.717) is 44.1 Å². The highest BCUT2D eigenvalue weighted by molar-refractivity contribution is 6.33. The first-order chi connectivity index (χ1) is 40.7. The Kier molecular flexibility index (Phi) is 39.3. The average molecular weight is 1380 g/mol. The number of carboxylic acid groups (broad SMARTS) is 1. The summed E-state index contributed by atoms with van der Waals surface area (Å²) in [5, 5.41) is 9.61. The molecule has 4 aromatic rings. The van der Waals surface area contributed by atoms with Crippen molar-refractivity contribution in [1.82, 2.24) is 14.7 Å². The van der Waals surface area contributed by atoms with Crippen LogP contribution in [0.5, 0.6) is 0 Å². The lowest BCUT2D eigenvalue weighted by Crippen LogP contribution is -3.00. The van der Waals surface area contributed by atoms with Crippen LogP contribution in [-0.4, -0.2) is 164 Å². The Morgan fingerprint density at radius 2 is 1.02 bits per heavy atom. The Morgan fingerprint density at radius 3 is 1.32 bits per heavy atom. The third-order valence-corrected chi connectivity index (χ3v) is 15.6. The summed E-state index contributed by atoms with van der Waals surface area (Å²) in [6.07, 6.45) is 2.28. The molecule has 6 rings (SSSR count). The summed E-state index contributed by atoms with van der Waals surface area (Å²) in [7, 11) is 8.43. The van der Waals surface area contributed by atoms with Crippen molar-refractivity contribution in [2.75, 3.05) is 81.7 Å². The number of aldehydes is 1. The molecule has 91 heavy (non-hydrogen) atoms. The molecule has 15 nitrogen and oxygen atoms in total. The van der Waals surface area contributed by atoms with Gasteiger partial charge >= 0.3 is 23.9 Å². The first kappa shape index (κ1) is 89.1. The van der Waals surface area contributed by atoms with E-state index >= 15 is 0 Å². The molecule has 5 unspecified atom stereocenters. The number of hydrogen-bond donors (Lipinski definition) is 1. The number of benzene rings is 4. The molecule has 2 fully saturated rings. The average Bonchev–Trinajstić information content (AvgIpc) is 1.64. The van der Waals surface area contributed by atoms with E-state index in [9.17, 15) is 64.2 Å². The van der Waals surface area contributed by atoms with Gasteiger partial charge in [0.2, 0.25) is 5.76 Å². The molecule has 2 saturated heterocycles. The zero-order valence-corrected chi connectivity index (χ0v) is 57.4. The molecule has 2 aliphatic heterocycles. The van der Waals surface area contributed by atoms with E-state index in [4.69, 9.17) is 14.2 Å². The molecule has 4 aromatic carbocycles. The molecular formula is C66H97BrF8N3O12Si-. The Morgan fingerprint density at radius 1 is 0.626 bits per heavy atom. The van der Waals surface area contributed by atoms with Crippen molar-refractivity contribution in [3.05, 3.63) is 147 Å². The first-order valence-electron chi connectivity index (χ1n) is 28.0. The maximum atomic E-state index is 14.2. The second-order valence-electron chi connectivity index (χ2n) is 24.1. The minimum atomic E-state index is -1.09. The maximum absolute atomic E-state index is 14.2. The van der Waals surface area contributed by atoms with Crippen molar-refractivity contribution < 1.29 is 110 Å². The van der Waals surface area contributed by atoms with Crippen molar-refractivity contribution in [1.29, 1.82) is 0 Å². The topological polar surface area (TPSA) is 171 Å². The lowest BCUT2D eigenvalue weighted by atomic mass is 9.76. The van der Waals surface area contributed by atoms with Gasteiger partial charge in [-0.15, -0.1) is 0 Å². The maximum Gasteiger partial charge on any atom is 0.373 e. The van der Waals surface area contributed by atoms with E-state index in [0.717, 1.165) is 49.2 Å². The molecule has 0 amide bonds. The number of carbonyl (C=O) groups is 5. The van der Waals surface area contributed by atoms with Gasteiger partial charge in [-0.2, -0.15) is 0 Å². The molecule has 2 heterocycles. The van der Waals surface area contributed by atoms with Gasteiger partial charge in [-0.25, -0.2) is 44.7 Å². The minimum Gasteiger partial charge on any atom is -1.00 e. The number of methoxy groups -OCH3 is 6. The molecule has 0 aromatic heterocycles. The summed E-state index contributed by atoms with van der Waals surface area (Å²) in [6, 6.07) is 12.7. The molecule has 2 aliphatic rings. The predicted octanol–water partition coefficient (Wildman–Crippen LogP) is 9.83. The third-order valence-electron chi connectivity index (χ3n) is 14.7. The number of hydrogen-bond acceptors (Lipinski definition) is 14. The van der Waals surface area contributed by atoms with Crippen LogP contribution >= 0.6 is 0 Å². The van der Waals surface area contributed by atoms with Crippen LogP contribution in [0, 0.1) is 57.4 Å². The van der Waals surface area contributed by atoms with Gasteiger partial charge in [0.15, 0.2) is 12.4 Å². The van der Waals surface area contributed by atoms with E-state index in [1.54, 1.807) is 27.9 Å². The Balaban J connectivity index is -0.00000105. The highest BCUT2D eigenvalue weighted by Crippen LogP contribution is 2.47. The standard InChI is InChI=1S/C17H23F2NO2.C16H21F2NO2.C11H10F2O3.C8H21NOSi.C7H4F2O.C5H10O3.2CH4.BrH/c1-16(2,3)20-9-13(17(4,10-20)15(21)22-5)12-7-6-11(18)8-14(12)19;1-15(2,3)19-8-12(16(4,9-19)14(20)21)11-6-5-10(17)7-13(11)18;1-15-10(11(14)16-2)5-7-3-4-8(12)6-9(7)13;1-8(2,3)9(6-10-4)7-11-5;8-6-2-1-5(4-10)7(9)3-6;1-4(7-2)5(6)8-3;;;/h6-8,13H,9-10H2,1-5H3;5-7,12H,8-9H2,1-4H3,(H,20,21);3-6H,1-2H3;6-7,11H2,1-5H3;1-4H;4H,1-3H3;2*1H4;1H/p-1/b;;10-5-;;;;;;. The van der Waals surface area contributed by atoms with Gasteiger partial charge in [0.1, 0.15) is 46.5 Å². The Bertz CT molecular complexity index is 2960. The second kappa shape index (κ2) is 40.1. The minimum absolute atomic E-state index is 0. The van der Waals surface area contributed by atoms with Crippen LogP contribution in [0.25, 0.3) is 6.08 Å². The fraction of sp³-hybridized carbons (Fsp3) is 0.530. The summed E-state index contributed by atoms with van der Waals surface area (Å²) in [5.74, 6) is -8.97.